The van der Waals surface area contributed by atoms with Crippen LogP contribution in [0.5, 0.6) is 0 Å². The molecule has 3 amide bonds. The quantitative estimate of drug-likeness (QED) is 0.292. The lowest BCUT2D eigenvalue weighted by Gasteiger charge is -2.11. The molecule has 3 N–H and O–H groups in total. The molecule has 0 saturated carbocycles. The van der Waals surface area contributed by atoms with E-state index in [-0.39, 0.29) is 11.3 Å². The first-order valence-corrected chi connectivity index (χ1v) is 10.1. The molecule has 8 heteroatoms. The van der Waals surface area contributed by atoms with Crippen molar-refractivity contribution in [3.05, 3.63) is 94.0 Å². The van der Waals surface area contributed by atoms with Crippen LogP contribution in [0, 0.1) is 6.92 Å². The van der Waals surface area contributed by atoms with Crippen molar-refractivity contribution in [3.63, 3.8) is 0 Å². The zero-order chi connectivity index (χ0) is 22.2. The number of hydrazone groups is 1. The SMILES string of the molecule is Cc1ccc(C=NNC(=O)C(=O)Nc2ccccc2C(=O)Nc2ccc(Br)cc2)cc1. The molecule has 0 atom stereocenters. The molecule has 0 fully saturated rings. The lowest BCUT2D eigenvalue weighted by atomic mass is 10.1. The molecule has 0 aliphatic carbocycles. The van der Waals surface area contributed by atoms with E-state index in [0.717, 1.165) is 15.6 Å². The highest BCUT2D eigenvalue weighted by molar-refractivity contribution is 9.10. The molecule has 0 aromatic heterocycles. The minimum atomic E-state index is -0.952. The van der Waals surface area contributed by atoms with Gasteiger partial charge in [0.1, 0.15) is 0 Å². The highest BCUT2D eigenvalue weighted by atomic mass is 79.9. The maximum atomic E-state index is 12.6. The van der Waals surface area contributed by atoms with Crippen molar-refractivity contribution in [1.82, 2.24) is 5.43 Å². The topological polar surface area (TPSA) is 99.7 Å². The predicted octanol–water partition coefficient (Wildman–Crippen LogP) is 4.10. The van der Waals surface area contributed by atoms with E-state index in [0.29, 0.717) is 5.69 Å². The predicted molar refractivity (Wildman–Crippen MR) is 124 cm³/mol. The Labute approximate surface area is 187 Å². The summed E-state index contributed by atoms with van der Waals surface area (Å²) in [5.41, 5.74) is 5.07. The van der Waals surface area contributed by atoms with Crippen LogP contribution >= 0.6 is 15.9 Å². The van der Waals surface area contributed by atoms with Gasteiger partial charge in [0.2, 0.25) is 0 Å². The first-order valence-electron chi connectivity index (χ1n) is 9.29. The van der Waals surface area contributed by atoms with Gasteiger partial charge in [-0.1, -0.05) is 57.9 Å². The van der Waals surface area contributed by atoms with Crippen LogP contribution in [0.4, 0.5) is 11.4 Å². The van der Waals surface area contributed by atoms with Crippen LogP contribution < -0.4 is 16.1 Å². The summed E-state index contributed by atoms with van der Waals surface area (Å²) in [5, 5.41) is 8.98. The number of anilines is 2. The van der Waals surface area contributed by atoms with Gasteiger partial charge in [-0.3, -0.25) is 14.4 Å². The van der Waals surface area contributed by atoms with Crippen molar-refractivity contribution in [2.75, 3.05) is 10.6 Å². The normalized spacial score (nSPS) is 10.5. The molecule has 3 rings (SSSR count). The summed E-state index contributed by atoms with van der Waals surface area (Å²) < 4.78 is 0.884. The van der Waals surface area contributed by atoms with Gasteiger partial charge in [-0.25, -0.2) is 5.43 Å². The zero-order valence-corrected chi connectivity index (χ0v) is 18.1. The fourth-order valence-electron chi connectivity index (χ4n) is 2.57. The highest BCUT2D eigenvalue weighted by Gasteiger charge is 2.17. The largest absolute Gasteiger partial charge is 0.329 e. The number of nitrogens with one attached hydrogen (secondary N) is 3. The van der Waals surface area contributed by atoms with Crippen LogP contribution in [0.2, 0.25) is 0 Å². The van der Waals surface area contributed by atoms with Gasteiger partial charge < -0.3 is 10.6 Å². The number of hydrogen-bond acceptors (Lipinski definition) is 4. The number of amides is 3. The number of para-hydroxylation sites is 1. The number of rotatable bonds is 5. The standard InChI is InChI=1S/C23H19BrN4O3/c1-15-6-8-16(9-7-15)14-25-28-23(31)22(30)27-20-5-3-2-4-19(20)21(29)26-18-12-10-17(24)11-13-18/h2-14H,1H3,(H,26,29)(H,27,30)(H,28,31). The van der Waals surface area contributed by atoms with E-state index in [9.17, 15) is 14.4 Å². The van der Waals surface area contributed by atoms with Crippen molar-refractivity contribution in [3.8, 4) is 0 Å². The van der Waals surface area contributed by atoms with Gasteiger partial charge in [-0.15, -0.1) is 0 Å². The summed E-state index contributed by atoms with van der Waals surface area (Å²) in [4.78, 5) is 36.9. The average Bonchev–Trinajstić information content (AvgIpc) is 2.77. The third-order valence-corrected chi connectivity index (χ3v) is 4.71. The number of aryl methyl sites for hydroxylation is 1. The van der Waals surface area contributed by atoms with E-state index in [1.165, 1.54) is 12.3 Å². The summed E-state index contributed by atoms with van der Waals surface area (Å²) >= 11 is 3.33. The first-order chi connectivity index (χ1) is 14.9. The fourth-order valence-corrected chi connectivity index (χ4v) is 2.83. The van der Waals surface area contributed by atoms with Crippen LogP contribution in [0.25, 0.3) is 0 Å². The van der Waals surface area contributed by atoms with Gasteiger partial charge in [-0.05, 0) is 48.9 Å². The Morgan fingerprint density at radius 2 is 1.52 bits per heavy atom. The minimum absolute atomic E-state index is 0.208. The lowest BCUT2D eigenvalue weighted by molar-refractivity contribution is -0.136. The molecule has 0 unspecified atom stereocenters. The van der Waals surface area contributed by atoms with Crippen molar-refractivity contribution < 1.29 is 14.4 Å². The molecule has 0 aliphatic rings. The molecule has 0 heterocycles. The van der Waals surface area contributed by atoms with E-state index in [1.54, 1.807) is 42.5 Å². The van der Waals surface area contributed by atoms with Gasteiger partial charge in [0.05, 0.1) is 17.5 Å². The highest BCUT2D eigenvalue weighted by Crippen LogP contribution is 2.19. The molecule has 156 valence electrons. The molecule has 7 nitrogen and oxygen atoms in total. The van der Waals surface area contributed by atoms with Crippen LogP contribution in [-0.2, 0) is 9.59 Å². The summed E-state index contributed by atoms with van der Waals surface area (Å²) in [6.07, 6.45) is 1.43. The number of carbonyl (C=O) groups is 3. The first kappa shape index (κ1) is 21.9. The second kappa shape index (κ2) is 10.3. The maximum absolute atomic E-state index is 12.6. The Kier molecular flexibility index (Phi) is 7.29. The molecule has 0 bridgehead atoms. The van der Waals surface area contributed by atoms with Crippen LogP contribution in [0.15, 0.2) is 82.4 Å². The molecule has 3 aromatic rings. The van der Waals surface area contributed by atoms with E-state index in [2.05, 4.69) is 37.1 Å². The Morgan fingerprint density at radius 1 is 0.839 bits per heavy atom. The van der Waals surface area contributed by atoms with E-state index in [1.807, 2.05) is 31.2 Å². The van der Waals surface area contributed by atoms with Crippen molar-refractivity contribution >= 4 is 51.2 Å². The summed E-state index contributed by atoms with van der Waals surface area (Å²) in [7, 11) is 0. The van der Waals surface area contributed by atoms with E-state index >= 15 is 0 Å². The van der Waals surface area contributed by atoms with Crippen LogP contribution in [0.1, 0.15) is 21.5 Å². The third kappa shape index (κ3) is 6.35. The number of hydrogen-bond donors (Lipinski definition) is 3. The smallest absolute Gasteiger partial charge is 0.322 e. The van der Waals surface area contributed by atoms with Crippen LogP contribution in [-0.4, -0.2) is 23.9 Å². The van der Waals surface area contributed by atoms with Gasteiger partial charge in [0.15, 0.2) is 0 Å². The van der Waals surface area contributed by atoms with Crippen molar-refractivity contribution in [1.29, 1.82) is 0 Å². The van der Waals surface area contributed by atoms with E-state index in [4.69, 9.17) is 0 Å². The Hall–Kier alpha value is -3.78. The Bertz CT molecular complexity index is 1130. The van der Waals surface area contributed by atoms with Gasteiger partial charge in [0, 0.05) is 10.2 Å². The average molecular weight is 479 g/mol. The lowest BCUT2D eigenvalue weighted by Crippen LogP contribution is -2.33. The molecule has 0 saturated heterocycles. The fraction of sp³-hybridized carbons (Fsp3) is 0.0435. The Balaban J connectivity index is 1.63. The number of benzene rings is 3. The summed E-state index contributed by atoms with van der Waals surface area (Å²) in [6, 6.07) is 21.0. The summed E-state index contributed by atoms with van der Waals surface area (Å²) in [6.45, 7) is 1.96. The zero-order valence-electron chi connectivity index (χ0n) is 16.6. The molecular weight excluding hydrogens is 460 g/mol. The molecule has 0 aliphatic heterocycles. The van der Waals surface area contributed by atoms with Gasteiger partial charge in [0.25, 0.3) is 5.91 Å². The van der Waals surface area contributed by atoms with Gasteiger partial charge >= 0.3 is 11.8 Å². The van der Waals surface area contributed by atoms with Gasteiger partial charge in [-0.2, -0.15) is 5.10 Å². The van der Waals surface area contributed by atoms with E-state index < -0.39 is 17.7 Å². The molecular formula is C23H19BrN4O3. The third-order valence-electron chi connectivity index (χ3n) is 4.19. The summed E-state index contributed by atoms with van der Waals surface area (Å²) in [5.74, 6) is -2.31. The number of halogens is 1. The molecule has 3 aromatic carbocycles. The minimum Gasteiger partial charge on any atom is -0.322 e. The Morgan fingerprint density at radius 3 is 2.23 bits per heavy atom. The second-order valence-electron chi connectivity index (χ2n) is 6.57. The second-order valence-corrected chi connectivity index (χ2v) is 7.49. The maximum Gasteiger partial charge on any atom is 0.329 e. The molecule has 0 radical (unpaired) electrons. The number of carbonyl (C=O) groups excluding carboxylic acids is 3. The van der Waals surface area contributed by atoms with Crippen molar-refractivity contribution in [2.45, 2.75) is 6.92 Å². The molecule has 31 heavy (non-hydrogen) atoms. The molecule has 0 spiro atoms. The van der Waals surface area contributed by atoms with Crippen LogP contribution in [0.3, 0.4) is 0 Å². The van der Waals surface area contributed by atoms with Crippen molar-refractivity contribution in [2.24, 2.45) is 5.10 Å². The number of nitrogens with zero attached hydrogens (tertiary/aromatic N) is 1. The monoisotopic (exact) mass is 478 g/mol.